The molecular weight excluding hydrogens is 104 g/mol. The van der Waals surface area contributed by atoms with Crippen molar-refractivity contribution < 1.29 is 0 Å². The monoisotopic (exact) mass is 116 g/mol. The third kappa shape index (κ3) is 1.68. The molecule has 4 heteroatoms. The zero-order valence-corrected chi connectivity index (χ0v) is 5.26. The minimum absolute atomic E-state index is 0.368. The van der Waals surface area contributed by atoms with Crippen molar-refractivity contribution in [3.63, 3.8) is 0 Å². The summed E-state index contributed by atoms with van der Waals surface area (Å²) < 4.78 is 0. The van der Waals surface area contributed by atoms with Crippen LogP contribution in [0.2, 0.25) is 0 Å². The van der Waals surface area contributed by atoms with Crippen LogP contribution >= 0.6 is 0 Å². The molecule has 0 aromatic carbocycles. The predicted octanol–water partition coefficient (Wildman–Crippen LogP) is -0.873. The Labute approximate surface area is 49.1 Å². The molecule has 0 aromatic heterocycles. The van der Waals surface area contributed by atoms with Crippen molar-refractivity contribution in [2.24, 2.45) is 16.7 Å². The molecule has 48 valence electrons. The third-order valence-corrected chi connectivity index (χ3v) is 0.998. The first-order chi connectivity index (χ1) is 3.72. The smallest absolute Gasteiger partial charge is 0.213 e. The number of guanidine groups is 1. The highest BCUT2D eigenvalue weighted by molar-refractivity contribution is 5.77. The average Bonchev–Trinajstić information content (AvgIpc) is 1.84. The van der Waals surface area contributed by atoms with E-state index in [-0.39, 0.29) is 0 Å². The molecule has 0 saturated heterocycles. The Balaban J connectivity index is 3.63. The van der Waals surface area contributed by atoms with Gasteiger partial charge in [-0.2, -0.15) is 0 Å². The molecule has 0 radical (unpaired) electrons. The summed E-state index contributed by atoms with van der Waals surface area (Å²) >= 11 is 0. The highest BCUT2D eigenvalue weighted by atomic mass is 15.3. The van der Waals surface area contributed by atoms with Gasteiger partial charge in [0.15, 0.2) is 0 Å². The van der Waals surface area contributed by atoms with E-state index in [9.17, 15) is 0 Å². The van der Waals surface area contributed by atoms with E-state index in [2.05, 4.69) is 5.10 Å². The normalized spacial score (nSPS) is 11.5. The van der Waals surface area contributed by atoms with Crippen molar-refractivity contribution in [3.8, 4) is 0 Å². The third-order valence-electron chi connectivity index (χ3n) is 0.998. The van der Waals surface area contributed by atoms with Gasteiger partial charge in [0.05, 0.1) is 0 Å². The van der Waals surface area contributed by atoms with Crippen LogP contribution in [0.3, 0.4) is 0 Å². The van der Waals surface area contributed by atoms with Crippen LogP contribution in [0.15, 0.2) is 5.10 Å². The van der Waals surface area contributed by atoms with Crippen molar-refractivity contribution >= 4 is 5.96 Å². The molecule has 4 nitrogen and oxygen atoms in total. The van der Waals surface area contributed by atoms with E-state index >= 15 is 0 Å². The van der Waals surface area contributed by atoms with Gasteiger partial charge in [-0.05, 0) is 6.92 Å². The van der Waals surface area contributed by atoms with Crippen LogP contribution < -0.4 is 11.6 Å². The molecule has 0 unspecified atom stereocenters. The highest BCUT2D eigenvalue weighted by Gasteiger charge is 1.93. The molecule has 0 aliphatic heterocycles. The van der Waals surface area contributed by atoms with Gasteiger partial charge in [0.2, 0.25) is 5.96 Å². The van der Waals surface area contributed by atoms with Gasteiger partial charge in [0.1, 0.15) is 0 Å². The molecule has 0 amide bonds. The molecule has 0 aliphatic rings. The van der Waals surface area contributed by atoms with E-state index in [0.717, 1.165) is 6.54 Å². The second-order valence-corrected chi connectivity index (χ2v) is 1.50. The van der Waals surface area contributed by atoms with E-state index in [1.54, 1.807) is 4.90 Å². The molecule has 8 heavy (non-hydrogen) atoms. The Morgan fingerprint density at radius 2 is 2.25 bits per heavy atom. The van der Waals surface area contributed by atoms with Crippen molar-refractivity contribution in [1.29, 1.82) is 0 Å². The molecule has 0 heterocycles. The molecule has 0 spiro atoms. The SMILES string of the molecule is CCN(C)C(N)=NN. The van der Waals surface area contributed by atoms with E-state index < -0.39 is 0 Å². The summed E-state index contributed by atoms with van der Waals surface area (Å²) in [5, 5.41) is 3.28. The standard InChI is InChI=1S/C4H12N4/c1-3-8(2)4(5)7-6/h3,6H2,1-2H3,(H2,5,7). The minimum Gasteiger partial charge on any atom is -0.368 e. The first-order valence-electron chi connectivity index (χ1n) is 2.46. The van der Waals surface area contributed by atoms with Gasteiger partial charge in [-0.3, -0.25) is 0 Å². The van der Waals surface area contributed by atoms with Gasteiger partial charge < -0.3 is 16.5 Å². The molecule has 0 saturated carbocycles. The molecule has 0 rings (SSSR count). The fraction of sp³-hybridized carbons (Fsp3) is 0.750. The molecule has 0 atom stereocenters. The minimum atomic E-state index is 0.368. The number of nitrogens with two attached hydrogens (primary N) is 2. The van der Waals surface area contributed by atoms with Crippen LogP contribution in [0.1, 0.15) is 6.92 Å². The van der Waals surface area contributed by atoms with Gasteiger partial charge in [-0.15, -0.1) is 5.10 Å². The second kappa shape index (κ2) is 3.12. The van der Waals surface area contributed by atoms with E-state index in [4.69, 9.17) is 11.6 Å². The fourth-order valence-electron chi connectivity index (χ4n) is 0.261. The van der Waals surface area contributed by atoms with Gasteiger partial charge in [-0.1, -0.05) is 0 Å². The summed E-state index contributed by atoms with van der Waals surface area (Å²) in [5.41, 5.74) is 5.28. The molecule has 4 N–H and O–H groups in total. The second-order valence-electron chi connectivity index (χ2n) is 1.50. The number of hydrogen-bond acceptors (Lipinski definition) is 2. The Morgan fingerprint density at radius 3 is 2.38 bits per heavy atom. The van der Waals surface area contributed by atoms with E-state index in [1.807, 2.05) is 14.0 Å². The van der Waals surface area contributed by atoms with Crippen molar-refractivity contribution in [2.45, 2.75) is 6.92 Å². The highest BCUT2D eigenvalue weighted by Crippen LogP contribution is 1.75. The summed E-state index contributed by atoms with van der Waals surface area (Å²) in [7, 11) is 1.83. The number of hydrazone groups is 1. The lowest BCUT2D eigenvalue weighted by Gasteiger charge is -2.12. The topological polar surface area (TPSA) is 67.6 Å². The first-order valence-corrected chi connectivity index (χ1v) is 2.46. The largest absolute Gasteiger partial charge is 0.368 e. The number of nitrogens with zero attached hydrogens (tertiary/aromatic N) is 2. The maximum absolute atomic E-state index is 5.28. The van der Waals surface area contributed by atoms with Crippen molar-refractivity contribution in [2.75, 3.05) is 13.6 Å². The zero-order valence-electron chi connectivity index (χ0n) is 5.26. The van der Waals surface area contributed by atoms with Crippen LogP contribution in [0.4, 0.5) is 0 Å². The van der Waals surface area contributed by atoms with Crippen LogP contribution in [0.5, 0.6) is 0 Å². The van der Waals surface area contributed by atoms with Gasteiger partial charge >= 0.3 is 0 Å². The maximum atomic E-state index is 5.28. The molecule has 0 aliphatic carbocycles. The molecule has 0 bridgehead atoms. The van der Waals surface area contributed by atoms with Gasteiger partial charge in [0.25, 0.3) is 0 Å². The van der Waals surface area contributed by atoms with Gasteiger partial charge in [-0.25, -0.2) is 0 Å². The Hall–Kier alpha value is -0.930. The van der Waals surface area contributed by atoms with Crippen LogP contribution in [0, 0.1) is 0 Å². The van der Waals surface area contributed by atoms with Crippen LogP contribution in [-0.4, -0.2) is 24.5 Å². The van der Waals surface area contributed by atoms with Gasteiger partial charge in [0, 0.05) is 13.6 Å². The fourth-order valence-corrected chi connectivity index (χ4v) is 0.261. The van der Waals surface area contributed by atoms with Crippen molar-refractivity contribution in [3.05, 3.63) is 0 Å². The number of hydrogen-bond donors (Lipinski definition) is 2. The molecule has 0 aromatic rings. The first kappa shape index (κ1) is 7.07. The summed E-state index contributed by atoms with van der Waals surface area (Å²) in [6.07, 6.45) is 0. The Morgan fingerprint density at radius 1 is 1.75 bits per heavy atom. The maximum Gasteiger partial charge on any atom is 0.213 e. The Kier molecular flexibility index (Phi) is 2.76. The molecule has 0 fully saturated rings. The van der Waals surface area contributed by atoms with Crippen LogP contribution in [-0.2, 0) is 0 Å². The summed E-state index contributed by atoms with van der Waals surface area (Å²) in [6, 6.07) is 0. The average molecular weight is 116 g/mol. The summed E-state index contributed by atoms with van der Waals surface area (Å²) in [5.74, 6) is 5.24. The van der Waals surface area contributed by atoms with Crippen molar-refractivity contribution in [1.82, 2.24) is 4.90 Å². The van der Waals surface area contributed by atoms with Crippen LogP contribution in [0.25, 0.3) is 0 Å². The molecular formula is C4H12N4. The lowest BCUT2D eigenvalue weighted by atomic mass is 10.6. The Bertz CT molecular complexity index is 88.0. The summed E-state index contributed by atoms with van der Waals surface area (Å²) in [6.45, 7) is 2.80. The predicted molar refractivity (Wildman–Crippen MR) is 34.1 cm³/mol. The van der Waals surface area contributed by atoms with E-state index in [1.165, 1.54) is 0 Å². The zero-order chi connectivity index (χ0) is 6.57. The van der Waals surface area contributed by atoms with E-state index in [0.29, 0.717) is 5.96 Å². The lowest BCUT2D eigenvalue weighted by molar-refractivity contribution is 0.527. The lowest BCUT2D eigenvalue weighted by Crippen LogP contribution is -2.34. The quantitative estimate of drug-likeness (QED) is 0.202. The number of rotatable bonds is 1. The summed E-state index contributed by atoms with van der Waals surface area (Å²) in [4.78, 5) is 1.75.